The van der Waals surface area contributed by atoms with Crippen molar-refractivity contribution in [2.45, 2.75) is 26.3 Å². The number of hydrogen-bond donors (Lipinski definition) is 1. The normalized spacial score (nSPS) is 17.6. The van der Waals surface area contributed by atoms with Gasteiger partial charge in [0.2, 0.25) is 0 Å². The highest BCUT2D eigenvalue weighted by molar-refractivity contribution is 7.11. The van der Waals surface area contributed by atoms with Gasteiger partial charge in [-0.2, -0.15) is 0 Å². The molecule has 1 aromatic heterocycles. The smallest absolute Gasteiger partial charge is 0.189 e. The van der Waals surface area contributed by atoms with Gasteiger partial charge in [0.25, 0.3) is 0 Å². The van der Waals surface area contributed by atoms with E-state index >= 15 is 0 Å². The molecule has 0 saturated carbocycles. The number of aliphatic imine (C=N–C) groups is 2. The monoisotopic (exact) mass is 250 g/mol. The fraction of sp³-hybridized carbons (Fsp3) is 0.364. The van der Waals surface area contributed by atoms with Crippen molar-refractivity contribution in [3.05, 3.63) is 28.5 Å². The Kier molecular flexibility index (Phi) is 3.08. The van der Waals surface area contributed by atoms with Crippen LogP contribution in [0.1, 0.15) is 25.8 Å². The second-order valence-corrected chi connectivity index (χ2v) is 5.49. The number of hydrogen-bond acceptors (Lipinski definition) is 6. The van der Waals surface area contributed by atoms with Crippen molar-refractivity contribution < 1.29 is 5.21 Å². The molecule has 0 radical (unpaired) electrons. The number of rotatable bonds is 2. The molecule has 0 saturated heterocycles. The molecule has 0 atom stereocenters. The lowest BCUT2D eigenvalue weighted by Gasteiger charge is -2.27. The van der Waals surface area contributed by atoms with E-state index in [1.165, 1.54) is 11.3 Å². The van der Waals surface area contributed by atoms with E-state index in [2.05, 4.69) is 15.0 Å². The van der Waals surface area contributed by atoms with Crippen LogP contribution in [0.3, 0.4) is 0 Å². The average molecular weight is 250 g/mol. The lowest BCUT2D eigenvalue weighted by Crippen LogP contribution is -2.34. The van der Waals surface area contributed by atoms with Crippen molar-refractivity contribution >= 4 is 23.4 Å². The maximum atomic E-state index is 9.78. The second kappa shape index (κ2) is 4.38. The van der Waals surface area contributed by atoms with Gasteiger partial charge in [-0.05, 0) is 20.8 Å². The van der Waals surface area contributed by atoms with Gasteiger partial charge in [-0.3, -0.25) is 10.3 Å². The highest BCUT2D eigenvalue weighted by atomic mass is 32.1. The van der Waals surface area contributed by atoms with E-state index in [4.69, 9.17) is 0 Å². The summed E-state index contributed by atoms with van der Waals surface area (Å²) in [5.41, 5.74) is 0.257. The first-order valence-corrected chi connectivity index (χ1v) is 6.07. The van der Waals surface area contributed by atoms with Crippen molar-refractivity contribution in [1.29, 1.82) is 0 Å². The molecule has 90 valence electrons. The minimum absolute atomic E-state index is 0.361. The van der Waals surface area contributed by atoms with Crippen LogP contribution in [0.4, 0.5) is 0 Å². The van der Waals surface area contributed by atoms with Crippen molar-refractivity contribution in [2.75, 3.05) is 0 Å². The molecular formula is C11H14N4OS. The SMILES string of the molecule is CC(C)(C)N(O)C=C1C=NC(c2nccs2)=N1. The summed E-state index contributed by atoms with van der Waals surface area (Å²) in [4.78, 5) is 12.6. The van der Waals surface area contributed by atoms with Crippen LogP contribution in [0.25, 0.3) is 0 Å². The molecule has 0 unspecified atom stereocenters. The highest BCUT2D eigenvalue weighted by Gasteiger charge is 2.18. The van der Waals surface area contributed by atoms with Crippen LogP contribution in [-0.2, 0) is 0 Å². The Hall–Kier alpha value is -1.53. The summed E-state index contributed by atoms with van der Waals surface area (Å²) in [5, 5.41) is 13.6. The fourth-order valence-electron chi connectivity index (χ4n) is 1.13. The summed E-state index contributed by atoms with van der Waals surface area (Å²) >= 11 is 1.49. The summed E-state index contributed by atoms with van der Waals surface area (Å²) in [6, 6.07) is 0. The number of hydroxylamine groups is 2. The molecule has 0 fully saturated rings. The molecule has 1 aromatic rings. The zero-order valence-corrected chi connectivity index (χ0v) is 10.8. The number of allylic oxidation sites excluding steroid dienone is 1. The third-order valence-electron chi connectivity index (χ3n) is 2.12. The molecule has 2 heterocycles. The van der Waals surface area contributed by atoms with Crippen molar-refractivity contribution in [3.8, 4) is 0 Å². The van der Waals surface area contributed by atoms with Crippen LogP contribution in [-0.4, -0.2) is 32.8 Å². The van der Waals surface area contributed by atoms with Crippen LogP contribution < -0.4 is 0 Å². The quantitative estimate of drug-likeness (QED) is 0.819. The summed E-state index contributed by atoms with van der Waals surface area (Å²) in [7, 11) is 0. The standard InChI is InChI=1S/C11H14N4OS/c1-11(2,3)15(16)7-8-6-13-9(14-8)10-12-4-5-17-10/h4-7,16H,1-3H3. The highest BCUT2D eigenvalue weighted by Crippen LogP contribution is 2.16. The summed E-state index contributed by atoms with van der Waals surface area (Å²) in [6.45, 7) is 5.71. The van der Waals surface area contributed by atoms with Gasteiger partial charge in [0.05, 0.1) is 18.0 Å². The molecule has 17 heavy (non-hydrogen) atoms. The van der Waals surface area contributed by atoms with Crippen LogP contribution in [0.5, 0.6) is 0 Å². The first-order chi connectivity index (χ1) is 7.97. The van der Waals surface area contributed by atoms with E-state index < -0.39 is 0 Å². The van der Waals surface area contributed by atoms with Gasteiger partial charge in [0.1, 0.15) is 5.70 Å². The molecule has 5 nitrogen and oxygen atoms in total. The van der Waals surface area contributed by atoms with E-state index in [0.717, 1.165) is 10.1 Å². The molecule has 1 aliphatic rings. The van der Waals surface area contributed by atoms with Crippen molar-refractivity contribution in [3.63, 3.8) is 0 Å². The Morgan fingerprint density at radius 2 is 2.18 bits per heavy atom. The lowest BCUT2D eigenvalue weighted by atomic mass is 10.1. The van der Waals surface area contributed by atoms with Gasteiger partial charge in [0.15, 0.2) is 10.8 Å². The maximum Gasteiger partial charge on any atom is 0.189 e. The predicted molar refractivity (Wildman–Crippen MR) is 68.6 cm³/mol. The van der Waals surface area contributed by atoms with Crippen LogP contribution in [0.2, 0.25) is 0 Å². The summed E-state index contributed by atoms with van der Waals surface area (Å²) in [6.07, 6.45) is 4.89. The number of aromatic nitrogens is 1. The molecule has 0 bridgehead atoms. The molecular weight excluding hydrogens is 236 g/mol. The molecule has 1 aliphatic heterocycles. The Balaban J connectivity index is 2.18. The Morgan fingerprint density at radius 1 is 1.41 bits per heavy atom. The molecule has 0 spiro atoms. The molecule has 0 aromatic carbocycles. The fourth-order valence-corrected chi connectivity index (χ4v) is 1.70. The average Bonchev–Trinajstić information content (AvgIpc) is 2.83. The van der Waals surface area contributed by atoms with Crippen molar-refractivity contribution in [1.82, 2.24) is 10.0 Å². The third kappa shape index (κ3) is 2.78. The van der Waals surface area contributed by atoms with Gasteiger partial charge >= 0.3 is 0 Å². The van der Waals surface area contributed by atoms with Gasteiger partial charge in [-0.25, -0.2) is 15.0 Å². The minimum Gasteiger partial charge on any atom is -0.288 e. The maximum absolute atomic E-state index is 9.78. The first kappa shape index (κ1) is 11.9. The first-order valence-electron chi connectivity index (χ1n) is 5.19. The second-order valence-electron chi connectivity index (χ2n) is 4.60. The van der Waals surface area contributed by atoms with E-state index in [0.29, 0.717) is 11.5 Å². The van der Waals surface area contributed by atoms with E-state index in [-0.39, 0.29) is 5.54 Å². The van der Waals surface area contributed by atoms with Gasteiger partial charge in [-0.1, -0.05) is 0 Å². The summed E-state index contributed by atoms with van der Waals surface area (Å²) < 4.78 is 0. The molecule has 2 rings (SSSR count). The third-order valence-corrected chi connectivity index (χ3v) is 2.89. The van der Waals surface area contributed by atoms with Gasteiger partial charge < -0.3 is 0 Å². The van der Waals surface area contributed by atoms with Gasteiger partial charge in [-0.15, -0.1) is 11.3 Å². The van der Waals surface area contributed by atoms with E-state index in [1.54, 1.807) is 18.6 Å². The zero-order valence-electron chi connectivity index (χ0n) is 9.95. The Morgan fingerprint density at radius 3 is 2.76 bits per heavy atom. The van der Waals surface area contributed by atoms with Crippen LogP contribution in [0.15, 0.2) is 33.5 Å². The predicted octanol–water partition coefficient (Wildman–Crippen LogP) is 2.31. The topological polar surface area (TPSA) is 61.1 Å². The van der Waals surface area contributed by atoms with Crippen molar-refractivity contribution in [2.24, 2.45) is 9.98 Å². The Bertz CT molecular complexity index is 482. The zero-order chi connectivity index (χ0) is 12.5. The van der Waals surface area contributed by atoms with E-state index in [9.17, 15) is 5.21 Å². The lowest BCUT2D eigenvalue weighted by molar-refractivity contribution is -0.110. The van der Waals surface area contributed by atoms with Gasteiger partial charge in [0, 0.05) is 11.6 Å². The van der Waals surface area contributed by atoms with E-state index in [1.807, 2.05) is 26.2 Å². The Labute approximate surface area is 104 Å². The van der Waals surface area contributed by atoms with Crippen LogP contribution >= 0.6 is 11.3 Å². The van der Waals surface area contributed by atoms with Crippen LogP contribution in [0, 0.1) is 0 Å². The number of amidine groups is 1. The molecule has 1 N–H and O–H groups in total. The number of nitrogens with zero attached hydrogens (tertiary/aromatic N) is 4. The molecule has 0 amide bonds. The minimum atomic E-state index is -0.361. The summed E-state index contributed by atoms with van der Waals surface area (Å²) in [5.74, 6) is 0.591. The largest absolute Gasteiger partial charge is 0.288 e. The molecule has 0 aliphatic carbocycles. The number of thiazole rings is 1. The molecule has 6 heteroatoms.